The Morgan fingerprint density at radius 3 is 2.62 bits per heavy atom. The molecule has 2 aliphatic heterocycles. The Balaban J connectivity index is 1.34. The zero-order valence-electron chi connectivity index (χ0n) is 14.1. The minimum atomic E-state index is -0.192. The molecule has 0 aromatic heterocycles. The molecule has 0 radical (unpaired) electrons. The zero-order chi connectivity index (χ0) is 16.8. The number of ether oxygens (including phenoxy) is 2. The van der Waals surface area contributed by atoms with Gasteiger partial charge in [0.2, 0.25) is 5.91 Å². The van der Waals surface area contributed by atoms with Gasteiger partial charge in [0, 0.05) is 19.7 Å². The molecule has 4 nitrogen and oxygen atoms in total. The van der Waals surface area contributed by atoms with E-state index >= 15 is 0 Å². The van der Waals surface area contributed by atoms with Crippen molar-refractivity contribution in [3.63, 3.8) is 0 Å². The molecule has 132 valence electrons. The number of carbonyl (C=O) groups is 1. The van der Waals surface area contributed by atoms with Crippen molar-refractivity contribution in [1.29, 1.82) is 0 Å². The average Bonchev–Trinajstić information content (AvgIpc) is 3.11. The second-order valence-corrected chi connectivity index (χ2v) is 6.80. The van der Waals surface area contributed by atoms with Crippen molar-refractivity contribution in [2.75, 3.05) is 32.9 Å². The van der Waals surface area contributed by atoms with Gasteiger partial charge < -0.3 is 14.4 Å². The Kier molecular flexibility index (Phi) is 6.21. The maximum atomic E-state index is 12.9. The van der Waals surface area contributed by atoms with Crippen molar-refractivity contribution in [2.24, 2.45) is 5.92 Å². The fraction of sp³-hybridized carbons (Fsp3) is 0.632. The van der Waals surface area contributed by atoms with E-state index in [4.69, 9.17) is 9.47 Å². The normalized spacial score (nSPS) is 22.0. The predicted octanol–water partition coefficient (Wildman–Crippen LogP) is 2.80. The van der Waals surface area contributed by atoms with Gasteiger partial charge in [0.1, 0.15) is 12.4 Å². The molecule has 2 aliphatic rings. The number of piperidine rings is 1. The topological polar surface area (TPSA) is 38.8 Å². The lowest BCUT2D eigenvalue weighted by Crippen LogP contribution is -2.41. The van der Waals surface area contributed by atoms with Gasteiger partial charge in [0.05, 0.1) is 12.7 Å². The molecule has 2 heterocycles. The van der Waals surface area contributed by atoms with Gasteiger partial charge in [-0.15, -0.1) is 0 Å². The monoisotopic (exact) mass is 335 g/mol. The van der Waals surface area contributed by atoms with E-state index in [0.29, 0.717) is 12.5 Å². The summed E-state index contributed by atoms with van der Waals surface area (Å²) in [6.07, 6.45) is 5.23. The quantitative estimate of drug-likeness (QED) is 0.802. The number of amides is 1. The van der Waals surface area contributed by atoms with Gasteiger partial charge in [-0.05, 0) is 55.7 Å². The third-order valence-corrected chi connectivity index (χ3v) is 4.96. The highest BCUT2D eigenvalue weighted by molar-refractivity contribution is 5.77. The molecule has 0 saturated carbocycles. The van der Waals surface area contributed by atoms with Crippen LogP contribution >= 0.6 is 0 Å². The first-order chi connectivity index (χ1) is 11.7. The van der Waals surface area contributed by atoms with Gasteiger partial charge in [-0.2, -0.15) is 0 Å². The average molecular weight is 335 g/mol. The molecule has 1 aromatic carbocycles. The lowest BCUT2D eigenvalue weighted by Gasteiger charge is -2.32. The van der Waals surface area contributed by atoms with Crippen LogP contribution in [-0.2, 0) is 20.7 Å². The van der Waals surface area contributed by atoms with E-state index in [1.165, 1.54) is 17.7 Å². The molecule has 0 bridgehead atoms. The molecule has 0 unspecified atom stereocenters. The first kappa shape index (κ1) is 17.4. The zero-order valence-corrected chi connectivity index (χ0v) is 14.1. The minimum Gasteiger partial charge on any atom is -0.376 e. The Morgan fingerprint density at radius 2 is 1.96 bits per heavy atom. The van der Waals surface area contributed by atoms with E-state index in [1.54, 1.807) is 0 Å². The van der Waals surface area contributed by atoms with E-state index in [9.17, 15) is 9.18 Å². The van der Waals surface area contributed by atoms with Crippen LogP contribution in [0.4, 0.5) is 4.39 Å². The molecule has 3 rings (SSSR count). The van der Waals surface area contributed by atoms with Gasteiger partial charge >= 0.3 is 0 Å². The summed E-state index contributed by atoms with van der Waals surface area (Å²) >= 11 is 0. The number of rotatable bonds is 6. The van der Waals surface area contributed by atoms with Crippen LogP contribution in [0, 0.1) is 11.7 Å². The summed E-state index contributed by atoms with van der Waals surface area (Å²) < 4.78 is 23.9. The van der Waals surface area contributed by atoms with Gasteiger partial charge in [-0.3, -0.25) is 4.79 Å². The first-order valence-corrected chi connectivity index (χ1v) is 8.92. The molecule has 1 aromatic rings. The number of benzene rings is 1. The molecule has 1 amide bonds. The third-order valence-electron chi connectivity index (χ3n) is 4.96. The first-order valence-electron chi connectivity index (χ1n) is 8.92. The van der Waals surface area contributed by atoms with Crippen molar-refractivity contribution in [2.45, 2.75) is 38.2 Å². The fourth-order valence-electron chi connectivity index (χ4n) is 3.49. The predicted molar refractivity (Wildman–Crippen MR) is 89.2 cm³/mol. The van der Waals surface area contributed by atoms with Gasteiger partial charge in [-0.1, -0.05) is 12.1 Å². The molecular weight excluding hydrogens is 309 g/mol. The number of hydrogen-bond donors (Lipinski definition) is 0. The summed E-state index contributed by atoms with van der Waals surface area (Å²) in [6.45, 7) is 3.06. The van der Waals surface area contributed by atoms with E-state index in [2.05, 4.69) is 0 Å². The van der Waals surface area contributed by atoms with Crippen LogP contribution in [0.1, 0.15) is 31.2 Å². The maximum absolute atomic E-state index is 12.9. The van der Waals surface area contributed by atoms with Crippen LogP contribution in [0.25, 0.3) is 0 Å². The Hall–Kier alpha value is -1.46. The molecule has 24 heavy (non-hydrogen) atoms. The van der Waals surface area contributed by atoms with E-state index in [0.717, 1.165) is 51.8 Å². The number of likely N-dealkylation sites (tertiary alicyclic amines) is 1. The van der Waals surface area contributed by atoms with Crippen LogP contribution in [0.15, 0.2) is 24.3 Å². The third kappa shape index (κ3) is 5.02. The van der Waals surface area contributed by atoms with Crippen molar-refractivity contribution >= 4 is 5.91 Å². The van der Waals surface area contributed by atoms with Crippen molar-refractivity contribution in [3.8, 4) is 0 Å². The molecule has 2 fully saturated rings. The summed E-state index contributed by atoms with van der Waals surface area (Å²) in [7, 11) is 0. The molecule has 2 saturated heterocycles. The van der Waals surface area contributed by atoms with Crippen LogP contribution in [0.5, 0.6) is 0 Å². The molecule has 0 aliphatic carbocycles. The fourth-order valence-corrected chi connectivity index (χ4v) is 3.49. The molecule has 1 atom stereocenters. The highest BCUT2D eigenvalue weighted by Gasteiger charge is 2.23. The SMILES string of the molecule is O=C(COC[C@H]1CCCO1)N1CCC(Cc2ccc(F)cc2)CC1. The highest BCUT2D eigenvalue weighted by atomic mass is 19.1. The largest absolute Gasteiger partial charge is 0.376 e. The summed E-state index contributed by atoms with van der Waals surface area (Å²) in [5.41, 5.74) is 1.17. The molecular formula is C19H26FNO3. The lowest BCUT2D eigenvalue weighted by atomic mass is 9.90. The van der Waals surface area contributed by atoms with Gasteiger partial charge in [-0.25, -0.2) is 4.39 Å². The summed E-state index contributed by atoms with van der Waals surface area (Å²) in [5.74, 6) is 0.447. The van der Waals surface area contributed by atoms with E-state index in [-0.39, 0.29) is 24.4 Å². The number of carbonyl (C=O) groups excluding carboxylic acids is 1. The van der Waals surface area contributed by atoms with Crippen molar-refractivity contribution < 1.29 is 18.7 Å². The molecule has 0 N–H and O–H groups in total. The Morgan fingerprint density at radius 1 is 1.21 bits per heavy atom. The van der Waals surface area contributed by atoms with Crippen molar-refractivity contribution in [3.05, 3.63) is 35.6 Å². The van der Waals surface area contributed by atoms with Crippen LogP contribution in [0.2, 0.25) is 0 Å². The second kappa shape index (κ2) is 8.58. The summed E-state index contributed by atoms with van der Waals surface area (Å²) in [4.78, 5) is 14.1. The van der Waals surface area contributed by atoms with E-state index in [1.807, 2.05) is 17.0 Å². The molecule has 5 heteroatoms. The van der Waals surface area contributed by atoms with Crippen LogP contribution in [0.3, 0.4) is 0 Å². The van der Waals surface area contributed by atoms with Crippen LogP contribution < -0.4 is 0 Å². The smallest absolute Gasteiger partial charge is 0.248 e. The molecule has 0 spiro atoms. The Labute approximate surface area is 142 Å². The Bertz CT molecular complexity index is 520. The number of nitrogens with zero attached hydrogens (tertiary/aromatic N) is 1. The number of hydrogen-bond acceptors (Lipinski definition) is 3. The highest BCUT2D eigenvalue weighted by Crippen LogP contribution is 2.22. The van der Waals surface area contributed by atoms with Gasteiger partial charge in [0.15, 0.2) is 0 Å². The minimum absolute atomic E-state index is 0.0771. The number of halogens is 1. The summed E-state index contributed by atoms with van der Waals surface area (Å²) in [6, 6.07) is 6.73. The lowest BCUT2D eigenvalue weighted by molar-refractivity contribution is -0.138. The summed E-state index contributed by atoms with van der Waals surface area (Å²) in [5, 5.41) is 0. The second-order valence-electron chi connectivity index (χ2n) is 6.80. The maximum Gasteiger partial charge on any atom is 0.248 e. The van der Waals surface area contributed by atoms with E-state index < -0.39 is 0 Å². The van der Waals surface area contributed by atoms with Crippen LogP contribution in [-0.4, -0.2) is 49.8 Å². The van der Waals surface area contributed by atoms with Gasteiger partial charge in [0.25, 0.3) is 0 Å². The standard InChI is InChI=1S/C19H26FNO3/c20-17-5-3-15(4-6-17)12-16-7-9-21(10-8-16)19(22)14-23-13-18-2-1-11-24-18/h3-6,16,18H,1-2,7-14H2/t18-/m1/s1. The van der Waals surface area contributed by atoms with Crippen molar-refractivity contribution in [1.82, 2.24) is 4.90 Å².